The van der Waals surface area contributed by atoms with Gasteiger partial charge in [-0.3, -0.25) is 14.5 Å². The first kappa shape index (κ1) is 36.0. The van der Waals surface area contributed by atoms with Gasteiger partial charge in [-0.05, 0) is 81.8 Å². The molecule has 0 aromatic heterocycles. The molecule has 4 rings (SSSR count). The second kappa shape index (κ2) is 17.9. The molecular weight excluding hydrogens is 614 g/mol. The van der Waals surface area contributed by atoms with Crippen LogP contribution in [0.5, 0.6) is 5.75 Å². The summed E-state index contributed by atoms with van der Waals surface area (Å²) in [7, 11) is 3.66. The number of hydrogen-bond acceptors (Lipinski definition) is 5. The van der Waals surface area contributed by atoms with Gasteiger partial charge in [-0.15, -0.1) is 0 Å². The van der Waals surface area contributed by atoms with Crippen LogP contribution in [0.1, 0.15) is 87.1 Å². The first-order chi connectivity index (χ1) is 22.7. The summed E-state index contributed by atoms with van der Waals surface area (Å²) >= 11 is 6.28. The van der Waals surface area contributed by atoms with E-state index in [0.29, 0.717) is 47.9 Å². The molecule has 8 nitrogen and oxygen atoms in total. The summed E-state index contributed by atoms with van der Waals surface area (Å²) in [5.41, 5.74) is 4.19. The number of aryl methyl sites for hydroxylation is 1. The number of carbonyl (C=O) groups is 3. The number of aldehydes is 1. The van der Waals surface area contributed by atoms with Gasteiger partial charge < -0.3 is 20.1 Å². The number of carboxylic acid groups (broad SMARTS) is 1. The Kier molecular flexibility index (Phi) is 13.7. The molecule has 252 valence electrons. The lowest BCUT2D eigenvalue weighted by Gasteiger charge is -2.39. The van der Waals surface area contributed by atoms with E-state index in [1.165, 1.54) is 44.9 Å². The van der Waals surface area contributed by atoms with Crippen LogP contribution in [0.15, 0.2) is 60.7 Å². The molecule has 0 unspecified atom stereocenters. The van der Waals surface area contributed by atoms with Gasteiger partial charge in [0.15, 0.2) is 6.29 Å². The number of methoxy groups -OCH3 is 1. The zero-order chi connectivity index (χ0) is 33.8. The predicted molar refractivity (Wildman–Crippen MR) is 190 cm³/mol. The molecule has 3 aromatic rings. The summed E-state index contributed by atoms with van der Waals surface area (Å²) in [5.74, 6) is 0.116. The molecule has 3 aromatic carbocycles. The molecule has 1 aliphatic rings. The van der Waals surface area contributed by atoms with Crippen molar-refractivity contribution in [1.82, 2.24) is 4.90 Å². The van der Waals surface area contributed by atoms with Gasteiger partial charge in [-0.25, -0.2) is 4.79 Å². The number of hydrogen-bond donors (Lipinski definition) is 2. The minimum atomic E-state index is -0.942. The normalized spacial score (nSPS) is 16.1. The molecule has 2 N–H and O–H groups in total. The quantitative estimate of drug-likeness (QED) is 0.117. The number of nitrogens with zero attached hydrogens (tertiary/aromatic N) is 2. The van der Waals surface area contributed by atoms with Crippen LogP contribution in [0.4, 0.5) is 16.2 Å². The van der Waals surface area contributed by atoms with E-state index in [-0.39, 0.29) is 23.4 Å². The Labute approximate surface area is 284 Å². The summed E-state index contributed by atoms with van der Waals surface area (Å²) in [6.07, 6.45) is 9.64. The molecule has 0 spiro atoms. The molecule has 1 aliphatic carbocycles. The zero-order valence-corrected chi connectivity index (χ0v) is 28.6. The first-order valence-electron chi connectivity index (χ1n) is 16.8. The van der Waals surface area contributed by atoms with Crippen molar-refractivity contribution in [2.75, 3.05) is 30.9 Å². The van der Waals surface area contributed by atoms with Crippen LogP contribution >= 0.6 is 11.6 Å². The number of anilines is 2. The van der Waals surface area contributed by atoms with Crippen molar-refractivity contribution < 1.29 is 24.2 Å². The van der Waals surface area contributed by atoms with E-state index in [2.05, 4.69) is 24.2 Å². The van der Waals surface area contributed by atoms with Crippen LogP contribution in [-0.2, 0) is 11.2 Å². The molecule has 0 aliphatic heterocycles. The minimum absolute atomic E-state index is 0.104. The highest BCUT2D eigenvalue weighted by Crippen LogP contribution is 2.37. The number of ether oxygens (including phenoxy) is 1. The van der Waals surface area contributed by atoms with Crippen molar-refractivity contribution in [1.29, 1.82) is 0 Å². The van der Waals surface area contributed by atoms with E-state index < -0.39 is 6.09 Å². The largest absolute Gasteiger partial charge is 0.496 e. The lowest BCUT2D eigenvalue weighted by atomic mass is 9.88. The van der Waals surface area contributed by atoms with Gasteiger partial charge in [0.2, 0.25) is 5.91 Å². The number of rotatable bonds is 16. The van der Waals surface area contributed by atoms with Crippen LogP contribution in [0.2, 0.25) is 5.02 Å². The maximum absolute atomic E-state index is 12.9. The monoisotopic (exact) mass is 661 g/mol. The average molecular weight is 662 g/mol. The summed E-state index contributed by atoms with van der Waals surface area (Å²) in [6, 6.07) is 19.3. The molecular formula is C38H48ClN3O5. The van der Waals surface area contributed by atoms with Crippen molar-refractivity contribution in [3.8, 4) is 16.9 Å². The second-order valence-electron chi connectivity index (χ2n) is 12.5. The highest BCUT2D eigenvalue weighted by atomic mass is 35.5. The van der Waals surface area contributed by atoms with Crippen molar-refractivity contribution in [2.45, 2.75) is 89.6 Å². The Hall–Kier alpha value is -3.88. The van der Waals surface area contributed by atoms with Gasteiger partial charge in [0.25, 0.3) is 0 Å². The van der Waals surface area contributed by atoms with Gasteiger partial charge >= 0.3 is 6.09 Å². The molecule has 1 saturated carbocycles. The van der Waals surface area contributed by atoms with Crippen molar-refractivity contribution >= 4 is 41.3 Å². The molecule has 0 bridgehead atoms. The van der Waals surface area contributed by atoms with Crippen LogP contribution < -0.4 is 15.0 Å². The molecule has 0 saturated heterocycles. The van der Waals surface area contributed by atoms with Crippen molar-refractivity contribution in [3.05, 3.63) is 76.8 Å². The van der Waals surface area contributed by atoms with Gasteiger partial charge in [0, 0.05) is 30.1 Å². The smallest absolute Gasteiger partial charge is 0.412 e. The number of nitrogens with one attached hydrogen (secondary N) is 1. The molecule has 47 heavy (non-hydrogen) atoms. The van der Waals surface area contributed by atoms with E-state index in [0.717, 1.165) is 48.9 Å². The summed E-state index contributed by atoms with van der Waals surface area (Å²) in [6.45, 7) is 3.31. The molecule has 2 amide bonds. The Morgan fingerprint density at radius 1 is 0.979 bits per heavy atom. The Balaban J connectivity index is 1.46. The molecule has 0 heterocycles. The fourth-order valence-corrected chi connectivity index (χ4v) is 6.80. The highest BCUT2D eigenvalue weighted by molar-refractivity contribution is 6.34. The number of amides is 2. The van der Waals surface area contributed by atoms with Crippen LogP contribution in [0.25, 0.3) is 11.1 Å². The topological polar surface area (TPSA) is 99.2 Å². The van der Waals surface area contributed by atoms with E-state index in [9.17, 15) is 19.5 Å². The number of halogens is 1. The number of carbonyl (C=O) groups excluding carboxylic acids is 2. The van der Waals surface area contributed by atoms with Crippen molar-refractivity contribution in [3.63, 3.8) is 0 Å². The van der Waals surface area contributed by atoms with Crippen LogP contribution in [0, 0.1) is 0 Å². The third-order valence-electron chi connectivity index (χ3n) is 9.22. The predicted octanol–water partition coefficient (Wildman–Crippen LogP) is 9.10. The Bertz CT molecular complexity index is 1490. The van der Waals surface area contributed by atoms with Crippen LogP contribution in [0.3, 0.4) is 0 Å². The zero-order valence-electron chi connectivity index (χ0n) is 27.8. The fourth-order valence-electron chi connectivity index (χ4n) is 6.58. The third-order valence-corrected chi connectivity index (χ3v) is 9.53. The fraction of sp³-hybridized carbons (Fsp3) is 0.447. The Morgan fingerprint density at radius 3 is 2.36 bits per heavy atom. The molecule has 1 fully saturated rings. The standard InChI is InChI=1S/C38H48ClN3O5/c1-4-5-6-10-22-41(2)30-17-19-31(20-18-30)42(38(45)46)35-23-27(16-21-32(35)28-13-8-7-9-14-28)12-11-15-37(44)40-34-25-36(47-3)29(26-43)24-33(34)39/h7-9,13-14,16,21,23-26,30-31H,4-6,10-12,15,17-20,22H2,1-3H3,(H,40,44)(H,45,46). The van der Waals surface area contributed by atoms with Gasteiger partial charge in [-0.2, -0.15) is 0 Å². The maximum atomic E-state index is 12.9. The summed E-state index contributed by atoms with van der Waals surface area (Å²) in [4.78, 5) is 41.1. The van der Waals surface area contributed by atoms with Crippen LogP contribution in [-0.4, -0.2) is 61.1 Å². The van der Waals surface area contributed by atoms with Gasteiger partial charge in [0.1, 0.15) is 5.75 Å². The van der Waals surface area contributed by atoms with E-state index in [4.69, 9.17) is 16.3 Å². The lowest BCUT2D eigenvalue weighted by molar-refractivity contribution is -0.116. The lowest BCUT2D eigenvalue weighted by Crippen LogP contribution is -2.45. The number of benzene rings is 3. The third kappa shape index (κ3) is 9.81. The number of unbranched alkanes of at least 4 members (excludes halogenated alkanes) is 3. The van der Waals surface area contributed by atoms with E-state index >= 15 is 0 Å². The highest BCUT2D eigenvalue weighted by Gasteiger charge is 2.32. The van der Waals surface area contributed by atoms with E-state index in [1.54, 1.807) is 4.90 Å². The van der Waals surface area contributed by atoms with Gasteiger partial charge in [0.05, 0.1) is 29.1 Å². The molecule has 0 radical (unpaired) electrons. The Morgan fingerprint density at radius 2 is 1.70 bits per heavy atom. The minimum Gasteiger partial charge on any atom is -0.496 e. The first-order valence-corrected chi connectivity index (χ1v) is 17.2. The SMILES string of the molecule is CCCCCCN(C)C1CCC(N(C(=O)O)c2cc(CCCC(=O)Nc3cc(OC)c(C=O)cc3Cl)ccc2-c2ccccc2)CC1. The maximum Gasteiger partial charge on any atom is 0.412 e. The average Bonchev–Trinajstić information content (AvgIpc) is 3.08. The molecule has 9 heteroatoms. The second-order valence-corrected chi connectivity index (χ2v) is 12.9. The summed E-state index contributed by atoms with van der Waals surface area (Å²) < 4.78 is 5.23. The van der Waals surface area contributed by atoms with Gasteiger partial charge in [-0.1, -0.05) is 80.3 Å². The molecule has 0 atom stereocenters. The summed E-state index contributed by atoms with van der Waals surface area (Å²) in [5, 5.41) is 13.7. The van der Waals surface area contributed by atoms with E-state index in [1.807, 2.05) is 48.5 Å². The van der Waals surface area contributed by atoms with Crippen molar-refractivity contribution in [2.24, 2.45) is 0 Å².